The quantitative estimate of drug-likeness (QED) is 0.516. The van der Waals surface area contributed by atoms with E-state index in [0.717, 1.165) is 26.2 Å². The number of ether oxygens (including phenoxy) is 2. The lowest BCUT2D eigenvalue weighted by Gasteiger charge is -2.22. The number of nitrogens with one attached hydrogen (secondary N) is 1. The number of hydrogen-bond acceptors (Lipinski definition) is 4. The summed E-state index contributed by atoms with van der Waals surface area (Å²) >= 11 is 0. The van der Waals surface area contributed by atoms with Gasteiger partial charge >= 0.3 is 0 Å². The highest BCUT2D eigenvalue weighted by Gasteiger charge is 2.13. The van der Waals surface area contributed by atoms with Crippen molar-refractivity contribution in [2.75, 3.05) is 26.6 Å². The molecule has 78 valence electrons. The second-order valence-corrected chi connectivity index (χ2v) is 3.66. The Morgan fingerprint density at radius 3 is 3.00 bits per heavy atom. The minimum absolute atomic E-state index is 0.237. The van der Waals surface area contributed by atoms with Crippen LogP contribution in [-0.2, 0) is 14.3 Å². The van der Waals surface area contributed by atoms with E-state index in [-0.39, 0.29) is 6.10 Å². The largest absolute Gasteiger partial charge is 0.355 e. The molecule has 0 saturated carbocycles. The summed E-state index contributed by atoms with van der Waals surface area (Å²) in [5.41, 5.74) is 2.91. The molecular weight excluding hydrogens is 170 g/mol. The van der Waals surface area contributed by atoms with Crippen LogP contribution in [0.2, 0.25) is 0 Å². The van der Waals surface area contributed by atoms with Gasteiger partial charge in [0.25, 0.3) is 0 Å². The minimum Gasteiger partial charge on any atom is -0.355 e. The van der Waals surface area contributed by atoms with E-state index >= 15 is 0 Å². The standard InChI is InChI=1S/C9H19NO3/c1-8(2)6-13-10-5-9-3-4-11-7-12-9/h8-10H,3-7H2,1-2H3. The molecule has 0 aromatic carbocycles. The molecule has 1 rings (SSSR count). The molecule has 1 fully saturated rings. The molecule has 0 spiro atoms. The first-order chi connectivity index (χ1) is 6.29. The van der Waals surface area contributed by atoms with Crippen LogP contribution in [-0.4, -0.2) is 32.7 Å². The van der Waals surface area contributed by atoms with Gasteiger partial charge in [-0.05, 0) is 12.3 Å². The molecule has 1 aliphatic rings. The van der Waals surface area contributed by atoms with Crippen LogP contribution in [0, 0.1) is 5.92 Å². The van der Waals surface area contributed by atoms with Crippen molar-refractivity contribution in [3.05, 3.63) is 0 Å². The lowest BCUT2D eigenvalue weighted by atomic mass is 10.2. The average Bonchev–Trinajstić information content (AvgIpc) is 2.14. The Hall–Kier alpha value is -0.160. The van der Waals surface area contributed by atoms with Gasteiger partial charge in [-0.2, -0.15) is 5.48 Å². The van der Waals surface area contributed by atoms with E-state index in [2.05, 4.69) is 19.3 Å². The summed E-state index contributed by atoms with van der Waals surface area (Å²) < 4.78 is 10.4. The number of hydroxylamine groups is 1. The van der Waals surface area contributed by atoms with Crippen molar-refractivity contribution in [1.82, 2.24) is 5.48 Å². The van der Waals surface area contributed by atoms with Crippen LogP contribution in [0.4, 0.5) is 0 Å². The van der Waals surface area contributed by atoms with Gasteiger partial charge in [-0.15, -0.1) is 0 Å². The molecule has 4 heteroatoms. The first-order valence-corrected chi connectivity index (χ1v) is 4.83. The van der Waals surface area contributed by atoms with Crippen molar-refractivity contribution in [3.8, 4) is 0 Å². The molecule has 0 aromatic rings. The van der Waals surface area contributed by atoms with Crippen LogP contribution in [0.3, 0.4) is 0 Å². The van der Waals surface area contributed by atoms with E-state index in [4.69, 9.17) is 14.3 Å². The lowest BCUT2D eigenvalue weighted by Crippen LogP contribution is -2.34. The molecule has 4 nitrogen and oxygen atoms in total. The van der Waals surface area contributed by atoms with Gasteiger partial charge in [-0.25, -0.2) is 0 Å². The van der Waals surface area contributed by atoms with E-state index in [9.17, 15) is 0 Å². The second-order valence-electron chi connectivity index (χ2n) is 3.66. The zero-order valence-electron chi connectivity index (χ0n) is 8.41. The van der Waals surface area contributed by atoms with Crippen molar-refractivity contribution >= 4 is 0 Å². The summed E-state index contributed by atoms with van der Waals surface area (Å²) in [7, 11) is 0. The van der Waals surface area contributed by atoms with Crippen LogP contribution in [0.1, 0.15) is 20.3 Å². The molecule has 0 radical (unpaired) electrons. The van der Waals surface area contributed by atoms with Crippen molar-refractivity contribution in [3.63, 3.8) is 0 Å². The Kier molecular flexibility index (Phi) is 5.31. The van der Waals surface area contributed by atoms with Gasteiger partial charge in [0.2, 0.25) is 0 Å². The monoisotopic (exact) mass is 189 g/mol. The third-order valence-corrected chi connectivity index (χ3v) is 1.80. The molecule has 1 unspecified atom stereocenters. The summed E-state index contributed by atoms with van der Waals surface area (Å²) in [5, 5.41) is 0. The van der Waals surface area contributed by atoms with Gasteiger partial charge in [0.15, 0.2) is 0 Å². The maximum Gasteiger partial charge on any atom is 0.147 e. The van der Waals surface area contributed by atoms with Gasteiger partial charge in [0.05, 0.1) is 19.3 Å². The van der Waals surface area contributed by atoms with E-state index < -0.39 is 0 Å². The SMILES string of the molecule is CC(C)CONCC1CCOCO1. The Balaban J connectivity index is 1.92. The maximum absolute atomic E-state index is 5.32. The van der Waals surface area contributed by atoms with Gasteiger partial charge in [-0.1, -0.05) is 13.8 Å². The molecule has 0 aromatic heterocycles. The number of hydrogen-bond donors (Lipinski definition) is 1. The first kappa shape index (κ1) is 10.9. The zero-order valence-corrected chi connectivity index (χ0v) is 8.41. The second kappa shape index (κ2) is 6.32. The molecule has 13 heavy (non-hydrogen) atoms. The molecule has 0 bridgehead atoms. The van der Waals surface area contributed by atoms with Crippen molar-refractivity contribution in [2.24, 2.45) is 5.92 Å². The van der Waals surface area contributed by atoms with E-state index in [1.165, 1.54) is 0 Å². The lowest BCUT2D eigenvalue weighted by molar-refractivity contribution is -0.146. The van der Waals surface area contributed by atoms with Gasteiger partial charge in [-0.3, -0.25) is 0 Å². The maximum atomic E-state index is 5.32. The van der Waals surface area contributed by atoms with Crippen molar-refractivity contribution in [2.45, 2.75) is 26.4 Å². The fraction of sp³-hybridized carbons (Fsp3) is 1.00. The molecule has 0 amide bonds. The highest BCUT2D eigenvalue weighted by Crippen LogP contribution is 2.04. The smallest absolute Gasteiger partial charge is 0.147 e. The van der Waals surface area contributed by atoms with Gasteiger partial charge in [0.1, 0.15) is 6.79 Å². The highest BCUT2D eigenvalue weighted by atomic mass is 16.7. The summed E-state index contributed by atoms with van der Waals surface area (Å²) in [6.45, 7) is 6.92. The van der Waals surface area contributed by atoms with Crippen LogP contribution in [0.15, 0.2) is 0 Å². The van der Waals surface area contributed by atoms with Crippen LogP contribution < -0.4 is 5.48 Å². The molecule has 0 aliphatic carbocycles. The average molecular weight is 189 g/mol. The molecule has 1 heterocycles. The van der Waals surface area contributed by atoms with Gasteiger partial charge < -0.3 is 14.3 Å². The predicted octanol–water partition coefficient (Wildman–Crippen LogP) is 0.927. The molecular formula is C9H19NO3. The molecule has 1 saturated heterocycles. The van der Waals surface area contributed by atoms with Crippen molar-refractivity contribution < 1.29 is 14.3 Å². The van der Waals surface area contributed by atoms with E-state index in [1.807, 2.05) is 0 Å². The molecule has 1 atom stereocenters. The summed E-state index contributed by atoms with van der Waals surface area (Å²) in [5.74, 6) is 0.558. The molecule has 1 N–H and O–H groups in total. The van der Waals surface area contributed by atoms with Crippen LogP contribution in [0.25, 0.3) is 0 Å². The first-order valence-electron chi connectivity index (χ1n) is 4.83. The van der Waals surface area contributed by atoms with Gasteiger partial charge in [0, 0.05) is 6.54 Å². The Bertz CT molecular complexity index is 124. The Labute approximate surface area is 79.5 Å². The highest BCUT2D eigenvalue weighted by molar-refractivity contribution is 4.60. The summed E-state index contributed by atoms with van der Waals surface area (Å²) in [6.07, 6.45) is 1.18. The fourth-order valence-corrected chi connectivity index (χ4v) is 1.04. The van der Waals surface area contributed by atoms with E-state index in [1.54, 1.807) is 0 Å². The normalized spacial score (nSPS) is 23.8. The summed E-state index contributed by atoms with van der Waals surface area (Å²) in [6, 6.07) is 0. The third kappa shape index (κ3) is 5.21. The zero-order chi connectivity index (χ0) is 9.52. The molecule has 1 aliphatic heterocycles. The predicted molar refractivity (Wildman–Crippen MR) is 49.1 cm³/mol. The van der Waals surface area contributed by atoms with Crippen LogP contribution >= 0.6 is 0 Å². The number of rotatable bonds is 5. The topological polar surface area (TPSA) is 39.7 Å². The third-order valence-electron chi connectivity index (χ3n) is 1.80. The van der Waals surface area contributed by atoms with E-state index in [0.29, 0.717) is 12.7 Å². The Morgan fingerprint density at radius 1 is 1.54 bits per heavy atom. The van der Waals surface area contributed by atoms with Crippen LogP contribution in [0.5, 0.6) is 0 Å². The fourth-order valence-electron chi connectivity index (χ4n) is 1.04. The minimum atomic E-state index is 0.237. The van der Waals surface area contributed by atoms with Crippen molar-refractivity contribution in [1.29, 1.82) is 0 Å². The Morgan fingerprint density at radius 2 is 2.38 bits per heavy atom. The summed E-state index contributed by atoms with van der Waals surface area (Å²) in [4.78, 5) is 5.23.